The number of nitrogens with one attached hydrogen (secondary N) is 1. The minimum Gasteiger partial charge on any atom is -0.320 e. The smallest absolute Gasteiger partial charge is 0.146 e. The highest BCUT2D eigenvalue weighted by atomic mass is 32.2. The Balaban J connectivity index is 2.20. The number of aromatic nitrogens is 3. The van der Waals surface area contributed by atoms with Crippen LogP contribution >= 0.6 is 0 Å². The lowest BCUT2D eigenvalue weighted by atomic mass is 10.5. The molecule has 1 unspecified atom stereocenters. The minimum absolute atomic E-state index is 0.674. The summed E-state index contributed by atoms with van der Waals surface area (Å²) in [5, 5.41) is 10.8. The third kappa shape index (κ3) is 3.65. The molecule has 13 heavy (non-hydrogen) atoms. The molecule has 0 saturated carbocycles. The van der Waals surface area contributed by atoms with Gasteiger partial charge in [-0.25, -0.2) is 0 Å². The van der Waals surface area contributed by atoms with Crippen molar-refractivity contribution < 1.29 is 4.21 Å². The molecule has 0 amide bonds. The van der Waals surface area contributed by atoms with Crippen LogP contribution in [-0.2, 0) is 24.4 Å². The molecular weight excluding hydrogens is 188 g/mol. The first kappa shape index (κ1) is 10.3. The monoisotopic (exact) mass is 202 g/mol. The van der Waals surface area contributed by atoms with Crippen LogP contribution in [0, 0.1) is 0 Å². The first-order valence-electron chi connectivity index (χ1n) is 4.04. The second kappa shape index (κ2) is 5.08. The number of rotatable bonds is 5. The molecule has 0 aromatic carbocycles. The zero-order valence-electron chi connectivity index (χ0n) is 7.86. The fraction of sp³-hybridized carbons (Fsp3) is 0.714. The Kier molecular flexibility index (Phi) is 4.04. The highest BCUT2D eigenvalue weighted by molar-refractivity contribution is 7.84. The van der Waals surface area contributed by atoms with Crippen LogP contribution in [0.3, 0.4) is 0 Å². The molecule has 1 atom stereocenters. The van der Waals surface area contributed by atoms with Crippen LogP contribution in [0.2, 0.25) is 0 Å². The summed E-state index contributed by atoms with van der Waals surface area (Å²) in [5.74, 6) is 1.57. The summed E-state index contributed by atoms with van der Waals surface area (Å²) in [6.45, 7) is 1.42. The van der Waals surface area contributed by atoms with Crippen LogP contribution in [-0.4, -0.2) is 37.5 Å². The van der Waals surface area contributed by atoms with Crippen molar-refractivity contribution in [2.24, 2.45) is 7.05 Å². The summed E-state index contributed by atoms with van der Waals surface area (Å²) in [5.41, 5.74) is 0. The van der Waals surface area contributed by atoms with Crippen LogP contribution in [0.15, 0.2) is 6.33 Å². The maximum absolute atomic E-state index is 10.7. The molecule has 1 aromatic heterocycles. The zero-order chi connectivity index (χ0) is 9.68. The summed E-state index contributed by atoms with van der Waals surface area (Å²) in [6, 6.07) is 0. The molecule has 0 fully saturated rings. The van der Waals surface area contributed by atoms with Crippen LogP contribution in [0.5, 0.6) is 0 Å². The van der Waals surface area contributed by atoms with E-state index in [9.17, 15) is 4.21 Å². The van der Waals surface area contributed by atoms with Crippen molar-refractivity contribution in [3.05, 3.63) is 12.2 Å². The maximum atomic E-state index is 10.7. The Bertz CT molecular complexity index is 286. The number of aryl methyl sites for hydroxylation is 1. The van der Waals surface area contributed by atoms with Crippen LogP contribution < -0.4 is 5.32 Å². The highest BCUT2D eigenvalue weighted by Crippen LogP contribution is 1.89. The van der Waals surface area contributed by atoms with Crippen molar-refractivity contribution in [3.8, 4) is 0 Å². The average molecular weight is 202 g/mol. The number of hydrogen-bond donors (Lipinski definition) is 1. The van der Waals surface area contributed by atoms with E-state index in [1.165, 1.54) is 0 Å². The van der Waals surface area contributed by atoms with Crippen molar-refractivity contribution in [1.82, 2.24) is 20.1 Å². The zero-order valence-corrected chi connectivity index (χ0v) is 8.67. The summed E-state index contributed by atoms with van der Waals surface area (Å²) in [7, 11) is 1.17. The second-order valence-electron chi connectivity index (χ2n) is 2.81. The topological polar surface area (TPSA) is 59.8 Å². The Hall–Kier alpha value is -0.750. The molecule has 0 bridgehead atoms. The van der Waals surface area contributed by atoms with E-state index in [0.717, 1.165) is 12.4 Å². The van der Waals surface area contributed by atoms with Gasteiger partial charge in [-0.05, 0) is 0 Å². The van der Waals surface area contributed by atoms with Gasteiger partial charge in [0.05, 0.1) is 6.54 Å². The van der Waals surface area contributed by atoms with Crippen molar-refractivity contribution in [3.63, 3.8) is 0 Å². The van der Waals surface area contributed by atoms with Crippen molar-refractivity contribution in [2.45, 2.75) is 6.54 Å². The van der Waals surface area contributed by atoms with Crippen molar-refractivity contribution in [1.29, 1.82) is 0 Å². The highest BCUT2D eigenvalue weighted by Gasteiger charge is 1.98. The Labute approximate surface area is 80.0 Å². The van der Waals surface area contributed by atoms with E-state index in [-0.39, 0.29) is 0 Å². The predicted molar refractivity (Wildman–Crippen MR) is 51.6 cm³/mol. The molecule has 1 heterocycles. The largest absolute Gasteiger partial charge is 0.320 e. The molecule has 1 N–H and O–H groups in total. The molecule has 0 aliphatic heterocycles. The fourth-order valence-electron chi connectivity index (χ4n) is 0.883. The molecule has 0 radical (unpaired) electrons. The van der Waals surface area contributed by atoms with Crippen LogP contribution in [0.1, 0.15) is 5.82 Å². The third-order valence-corrected chi connectivity index (χ3v) is 2.43. The molecule has 6 heteroatoms. The first-order chi connectivity index (χ1) is 6.20. The van der Waals surface area contributed by atoms with Gasteiger partial charge in [0.25, 0.3) is 0 Å². The van der Waals surface area contributed by atoms with Crippen molar-refractivity contribution >= 4 is 10.8 Å². The van der Waals surface area contributed by atoms with Gasteiger partial charge in [0, 0.05) is 36.4 Å². The normalized spacial score (nSPS) is 13.1. The number of nitrogens with zero attached hydrogens (tertiary/aromatic N) is 3. The molecule has 0 spiro atoms. The molecule has 74 valence electrons. The Morgan fingerprint density at radius 2 is 2.46 bits per heavy atom. The summed E-state index contributed by atoms with van der Waals surface area (Å²) < 4.78 is 12.6. The third-order valence-electron chi connectivity index (χ3n) is 1.65. The van der Waals surface area contributed by atoms with Crippen LogP contribution in [0.4, 0.5) is 0 Å². The van der Waals surface area contributed by atoms with Gasteiger partial charge in [-0.3, -0.25) is 4.21 Å². The lowest BCUT2D eigenvalue weighted by molar-refractivity contribution is 0.651. The quantitative estimate of drug-likeness (QED) is 0.640. The van der Waals surface area contributed by atoms with Gasteiger partial charge in [-0.1, -0.05) is 0 Å². The first-order valence-corrected chi connectivity index (χ1v) is 5.76. The summed E-state index contributed by atoms with van der Waals surface area (Å²) in [6.07, 6.45) is 3.36. The standard InChI is InChI=1S/C7H14N4OS/c1-11-6-9-10-7(11)5-8-3-4-13(2)12/h6,8H,3-5H2,1-2H3. The second-order valence-corrected chi connectivity index (χ2v) is 4.37. The minimum atomic E-state index is -0.725. The maximum Gasteiger partial charge on any atom is 0.146 e. The fourth-order valence-corrected chi connectivity index (χ4v) is 1.32. The molecule has 5 nitrogen and oxygen atoms in total. The lowest BCUT2D eigenvalue weighted by Crippen LogP contribution is -2.21. The van der Waals surface area contributed by atoms with Gasteiger partial charge in [0.15, 0.2) is 0 Å². The Morgan fingerprint density at radius 1 is 1.69 bits per heavy atom. The van der Waals surface area contributed by atoms with Gasteiger partial charge in [-0.2, -0.15) is 0 Å². The predicted octanol–water partition coefficient (Wildman–Crippen LogP) is -0.717. The van der Waals surface area contributed by atoms with E-state index in [1.54, 1.807) is 12.6 Å². The average Bonchev–Trinajstić information content (AvgIpc) is 2.45. The van der Waals surface area contributed by atoms with Gasteiger partial charge < -0.3 is 9.88 Å². The van der Waals surface area contributed by atoms with E-state index in [4.69, 9.17) is 0 Å². The summed E-state index contributed by atoms with van der Waals surface area (Å²) in [4.78, 5) is 0. The van der Waals surface area contributed by atoms with Crippen LogP contribution in [0.25, 0.3) is 0 Å². The molecule has 1 aromatic rings. The van der Waals surface area contributed by atoms with Crippen molar-refractivity contribution in [2.75, 3.05) is 18.6 Å². The lowest BCUT2D eigenvalue weighted by Gasteiger charge is -2.01. The molecular formula is C7H14N4OS. The number of hydrogen-bond acceptors (Lipinski definition) is 4. The van der Waals surface area contributed by atoms with Gasteiger partial charge in [0.1, 0.15) is 12.2 Å². The van der Waals surface area contributed by atoms with E-state index in [2.05, 4.69) is 15.5 Å². The van der Waals surface area contributed by atoms with E-state index < -0.39 is 10.8 Å². The van der Waals surface area contributed by atoms with E-state index in [0.29, 0.717) is 12.3 Å². The van der Waals surface area contributed by atoms with Gasteiger partial charge in [0.2, 0.25) is 0 Å². The SMILES string of the molecule is Cn1cnnc1CNCCS(C)=O. The molecule has 0 aliphatic carbocycles. The van der Waals surface area contributed by atoms with E-state index in [1.807, 2.05) is 11.6 Å². The molecule has 0 aliphatic rings. The molecule has 1 rings (SSSR count). The Morgan fingerprint density at radius 3 is 3.00 bits per heavy atom. The summed E-state index contributed by atoms with van der Waals surface area (Å²) >= 11 is 0. The van der Waals surface area contributed by atoms with E-state index >= 15 is 0 Å². The molecule has 0 saturated heterocycles. The van der Waals surface area contributed by atoms with Gasteiger partial charge >= 0.3 is 0 Å². The van der Waals surface area contributed by atoms with Gasteiger partial charge in [-0.15, -0.1) is 10.2 Å².